The van der Waals surface area contributed by atoms with Crippen molar-refractivity contribution in [2.24, 2.45) is 5.92 Å². The summed E-state index contributed by atoms with van der Waals surface area (Å²) >= 11 is 0. The third kappa shape index (κ3) is 26.2. The molecule has 210 valence electrons. The number of ether oxygens (including phenoxy) is 3. The Labute approximate surface area is 197 Å². The average Bonchev–Trinajstić information content (AvgIpc) is 2.62. The molecule has 0 fully saturated rings. The van der Waals surface area contributed by atoms with Crippen LogP contribution in [0.15, 0.2) is 0 Å². The number of alkyl halides is 9. The van der Waals surface area contributed by atoms with E-state index in [1.165, 1.54) is 20.8 Å². The standard InChI is InChI=1S/2C7H11F3O2.C6H9F3O2/c1-5(2)3-4-12-6(11)7(8,9)10;1-2-3-4-5-12-6(11)7(8,9)10;1-5(2,3)11-4(10)6(7,8)9/h5H,3-4H2,1-2H3;2-5H2,1H3;1-3H3. The molecular formula is C20H31F9O6. The maximum atomic E-state index is 11.5. The molecule has 0 aromatic rings. The van der Waals surface area contributed by atoms with Crippen LogP contribution in [-0.4, -0.2) is 55.3 Å². The summed E-state index contributed by atoms with van der Waals surface area (Å²) in [5, 5.41) is 0. The van der Waals surface area contributed by atoms with Crippen LogP contribution >= 0.6 is 0 Å². The molecule has 6 nitrogen and oxygen atoms in total. The molecule has 0 radical (unpaired) electrons. The molecule has 0 bridgehead atoms. The molecule has 0 aromatic carbocycles. The van der Waals surface area contributed by atoms with Gasteiger partial charge in [-0.15, -0.1) is 0 Å². The number of halogens is 9. The second-order valence-electron chi connectivity index (χ2n) is 8.16. The lowest BCUT2D eigenvalue weighted by molar-refractivity contribution is -0.210. The van der Waals surface area contributed by atoms with Crippen LogP contribution < -0.4 is 0 Å². The molecule has 0 unspecified atom stereocenters. The first-order chi connectivity index (χ1) is 15.4. The van der Waals surface area contributed by atoms with Gasteiger partial charge in [0, 0.05) is 0 Å². The molecule has 0 saturated heterocycles. The van der Waals surface area contributed by atoms with Crippen LogP contribution in [0.25, 0.3) is 0 Å². The molecule has 0 saturated carbocycles. The molecule has 0 aliphatic heterocycles. The van der Waals surface area contributed by atoms with Gasteiger partial charge in [-0.25, -0.2) is 14.4 Å². The van der Waals surface area contributed by atoms with E-state index in [0.717, 1.165) is 12.8 Å². The van der Waals surface area contributed by atoms with Gasteiger partial charge in [0.25, 0.3) is 0 Å². The summed E-state index contributed by atoms with van der Waals surface area (Å²) in [6, 6.07) is 0. The number of esters is 3. The summed E-state index contributed by atoms with van der Waals surface area (Å²) in [6.45, 7) is 9.38. The van der Waals surface area contributed by atoms with Gasteiger partial charge in [0.15, 0.2) is 0 Å². The fraction of sp³-hybridized carbons (Fsp3) is 0.850. The lowest BCUT2D eigenvalue weighted by Gasteiger charge is -2.19. The zero-order valence-electron chi connectivity index (χ0n) is 20.2. The summed E-state index contributed by atoms with van der Waals surface area (Å²) in [4.78, 5) is 30.3. The van der Waals surface area contributed by atoms with Crippen LogP contribution in [0.4, 0.5) is 39.5 Å². The van der Waals surface area contributed by atoms with Gasteiger partial charge in [-0.1, -0.05) is 33.6 Å². The van der Waals surface area contributed by atoms with Crippen molar-refractivity contribution in [1.29, 1.82) is 0 Å². The van der Waals surface area contributed by atoms with Gasteiger partial charge in [-0.05, 0) is 39.5 Å². The van der Waals surface area contributed by atoms with Gasteiger partial charge < -0.3 is 14.2 Å². The molecule has 0 atom stereocenters. The molecule has 0 rings (SSSR count). The lowest BCUT2D eigenvalue weighted by Crippen LogP contribution is -2.33. The fourth-order valence-electron chi connectivity index (χ4n) is 1.40. The van der Waals surface area contributed by atoms with Gasteiger partial charge in [0.1, 0.15) is 5.60 Å². The maximum Gasteiger partial charge on any atom is 0.490 e. The van der Waals surface area contributed by atoms with Crippen molar-refractivity contribution in [3.8, 4) is 0 Å². The number of hydrogen-bond donors (Lipinski definition) is 0. The Morgan fingerprint density at radius 3 is 1.29 bits per heavy atom. The van der Waals surface area contributed by atoms with E-state index in [-0.39, 0.29) is 19.1 Å². The smallest absolute Gasteiger partial charge is 0.459 e. The van der Waals surface area contributed by atoms with E-state index in [1.54, 1.807) is 0 Å². The molecule has 0 aliphatic carbocycles. The Balaban J connectivity index is -0.000000439. The van der Waals surface area contributed by atoms with Crippen molar-refractivity contribution in [2.45, 2.75) is 91.4 Å². The molecular weight excluding hydrogens is 507 g/mol. The summed E-state index contributed by atoms with van der Waals surface area (Å²) < 4.78 is 115. The second-order valence-corrected chi connectivity index (χ2v) is 8.16. The Morgan fingerprint density at radius 1 is 0.657 bits per heavy atom. The SMILES string of the molecule is CC(C)(C)OC(=O)C(F)(F)F.CC(C)CCOC(=O)C(F)(F)F.CCCCCOC(=O)C(F)(F)F. The minimum atomic E-state index is -4.90. The van der Waals surface area contributed by atoms with Crippen molar-refractivity contribution in [2.75, 3.05) is 13.2 Å². The molecule has 0 aliphatic rings. The highest BCUT2D eigenvalue weighted by Gasteiger charge is 2.43. The van der Waals surface area contributed by atoms with E-state index in [9.17, 15) is 53.9 Å². The van der Waals surface area contributed by atoms with Gasteiger partial charge in [0.05, 0.1) is 13.2 Å². The van der Waals surface area contributed by atoms with Gasteiger partial charge >= 0.3 is 36.4 Å². The van der Waals surface area contributed by atoms with Crippen molar-refractivity contribution in [3.63, 3.8) is 0 Å². The van der Waals surface area contributed by atoms with Gasteiger partial charge in [-0.3, -0.25) is 0 Å². The summed E-state index contributed by atoms with van der Waals surface area (Å²) in [7, 11) is 0. The van der Waals surface area contributed by atoms with Crippen LogP contribution in [0.5, 0.6) is 0 Å². The fourth-order valence-corrected chi connectivity index (χ4v) is 1.40. The summed E-state index contributed by atoms with van der Waals surface area (Å²) in [5.74, 6) is -6.13. The van der Waals surface area contributed by atoms with E-state index in [4.69, 9.17) is 0 Å². The van der Waals surface area contributed by atoms with E-state index in [0.29, 0.717) is 12.8 Å². The van der Waals surface area contributed by atoms with E-state index in [1.807, 2.05) is 20.8 Å². The molecule has 15 heteroatoms. The molecule has 0 heterocycles. The highest BCUT2D eigenvalue weighted by atomic mass is 19.4. The minimum Gasteiger partial charge on any atom is -0.459 e. The molecule has 0 spiro atoms. The normalized spacial score (nSPS) is 12.0. The maximum absolute atomic E-state index is 11.5. The van der Waals surface area contributed by atoms with Crippen LogP contribution in [0.1, 0.15) is 67.2 Å². The number of unbranched alkanes of at least 4 members (excludes halogenated alkanes) is 2. The Hall–Kier alpha value is -2.22. The number of hydrogen-bond acceptors (Lipinski definition) is 6. The van der Waals surface area contributed by atoms with Crippen LogP contribution in [0.3, 0.4) is 0 Å². The topological polar surface area (TPSA) is 78.9 Å². The van der Waals surface area contributed by atoms with Crippen LogP contribution in [0.2, 0.25) is 0 Å². The Kier molecular flexibility index (Phi) is 17.5. The van der Waals surface area contributed by atoms with Crippen molar-refractivity contribution < 1.29 is 68.1 Å². The van der Waals surface area contributed by atoms with E-state index >= 15 is 0 Å². The lowest BCUT2D eigenvalue weighted by atomic mass is 10.1. The highest BCUT2D eigenvalue weighted by Crippen LogP contribution is 2.20. The second kappa shape index (κ2) is 16.5. The Bertz CT molecular complexity index is 619. The third-order valence-corrected chi connectivity index (χ3v) is 3.00. The van der Waals surface area contributed by atoms with E-state index < -0.39 is 42.0 Å². The highest BCUT2D eigenvalue weighted by molar-refractivity contribution is 5.76. The minimum absolute atomic E-state index is 0.147. The van der Waals surface area contributed by atoms with Crippen molar-refractivity contribution in [3.05, 3.63) is 0 Å². The zero-order valence-corrected chi connectivity index (χ0v) is 20.2. The quantitative estimate of drug-likeness (QED) is 0.164. The largest absolute Gasteiger partial charge is 0.490 e. The number of carbonyl (C=O) groups is 3. The van der Waals surface area contributed by atoms with Gasteiger partial charge in [-0.2, -0.15) is 39.5 Å². The monoisotopic (exact) mass is 538 g/mol. The summed E-state index contributed by atoms with van der Waals surface area (Å²) in [6.07, 6.45) is -12.0. The van der Waals surface area contributed by atoms with Crippen LogP contribution in [0, 0.1) is 5.92 Å². The first-order valence-electron chi connectivity index (χ1n) is 10.2. The first-order valence-corrected chi connectivity index (χ1v) is 10.2. The summed E-state index contributed by atoms with van der Waals surface area (Å²) in [5.41, 5.74) is -1.09. The average molecular weight is 538 g/mol. The van der Waals surface area contributed by atoms with Crippen molar-refractivity contribution >= 4 is 17.9 Å². The first kappa shape index (κ1) is 37.3. The van der Waals surface area contributed by atoms with E-state index in [2.05, 4.69) is 14.2 Å². The number of carbonyl (C=O) groups excluding carboxylic acids is 3. The van der Waals surface area contributed by atoms with Crippen molar-refractivity contribution in [1.82, 2.24) is 0 Å². The molecule has 0 N–H and O–H groups in total. The van der Waals surface area contributed by atoms with Gasteiger partial charge in [0.2, 0.25) is 0 Å². The zero-order chi connectivity index (χ0) is 28.7. The predicted octanol–water partition coefficient (Wildman–Crippen LogP) is 6.31. The molecule has 0 aromatic heterocycles. The predicted molar refractivity (Wildman–Crippen MR) is 105 cm³/mol. The molecule has 0 amide bonds. The van der Waals surface area contributed by atoms with Crippen LogP contribution in [-0.2, 0) is 28.6 Å². The third-order valence-electron chi connectivity index (χ3n) is 3.00. The molecule has 35 heavy (non-hydrogen) atoms. The Morgan fingerprint density at radius 2 is 1.03 bits per heavy atom. The number of rotatable bonds is 7.